The number of anilines is 1. The number of hydrogen-bond donors (Lipinski definition) is 2. The maximum atomic E-state index is 10.7. The van der Waals surface area contributed by atoms with Crippen molar-refractivity contribution in [3.63, 3.8) is 0 Å². The molecule has 2 aromatic rings. The summed E-state index contributed by atoms with van der Waals surface area (Å²) in [4.78, 5) is 10.1. The summed E-state index contributed by atoms with van der Waals surface area (Å²) >= 11 is 1.19. The molecule has 1 aromatic carbocycles. The molecule has 0 atom stereocenters. The van der Waals surface area contributed by atoms with E-state index in [0.717, 1.165) is 0 Å². The maximum absolute atomic E-state index is 10.7. The highest BCUT2D eigenvalue weighted by Gasteiger charge is 2.20. The lowest BCUT2D eigenvalue weighted by Crippen LogP contribution is -1.92. The van der Waals surface area contributed by atoms with Gasteiger partial charge in [-0.2, -0.15) is 0 Å². The molecule has 6 heteroatoms. The van der Waals surface area contributed by atoms with Gasteiger partial charge in [0, 0.05) is 17.1 Å². The predicted octanol–water partition coefficient (Wildman–Crippen LogP) is 2.10. The van der Waals surface area contributed by atoms with Gasteiger partial charge in [-0.3, -0.25) is 10.1 Å². The van der Waals surface area contributed by atoms with Crippen LogP contribution in [0.2, 0.25) is 0 Å². The lowest BCUT2D eigenvalue weighted by molar-refractivity contribution is -0.383. The van der Waals surface area contributed by atoms with Gasteiger partial charge in [0.05, 0.1) is 4.92 Å². The highest BCUT2D eigenvalue weighted by atomic mass is 32.1. The Labute approximate surface area is 82.5 Å². The summed E-state index contributed by atoms with van der Waals surface area (Å²) in [5, 5.41) is 22.3. The fourth-order valence-corrected chi connectivity index (χ4v) is 2.25. The zero-order valence-corrected chi connectivity index (χ0v) is 7.75. The Morgan fingerprint density at radius 3 is 2.93 bits per heavy atom. The topological polar surface area (TPSA) is 89.4 Å². The molecule has 3 N–H and O–H groups in total. The van der Waals surface area contributed by atoms with E-state index >= 15 is 0 Å². The largest absolute Gasteiger partial charge is 0.502 e. The Morgan fingerprint density at radius 2 is 2.29 bits per heavy atom. The van der Waals surface area contributed by atoms with Gasteiger partial charge in [-0.05, 0) is 11.4 Å². The standard InChI is InChI=1S/C8H6N2O3S/c9-5-3-6(11)7(10(12)13)8-4(5)1-2-14-8/h1-3,11H,9H2. The van der Waals surface area contributed by atoms with Crippen LogP contribution in [0.25, 0.3) is 10.1 Å². The first-order valence-corrected chi connectivity index (χ1v) is 4.62. The molecule has 0 saturated heterocycles. The Hall–Kier alpha value is -1.82. The summed E-state index contributed by atoms with van der Waals surface area (Å²) in [7, 11) is 0. The summed E-state index contributed by atoms with van der Waals surface area (Å²) in [5.41, 5.74) is 5.67. The number of nitrogen functional groups attached to an aromatic ring is 1. The van der Waals surface area contributed by atoms with Crippen LogP contribution in [0.3, 0.4) is 0 Å². The van der Waals surface area contributed by atoms with Gasteiger partial charge in [0.15, 0.2) is 5.75 Å². The van der Waals surface area contributed by atoms with E-state index in [-0.39, 0.29) is 11.4 Å². The fourth-order valence-electron chi connectivity index (χ4n) is 1.31. The molecule has 0 amide bonds. The van der Waals surface area contributed by atoms with Gasteiger partial charge in [0.25, 0.3) is 0 Å². The van der Waals surface area contributed by atoms with E-state index in [1.165, 1.54) is 17.4 Å². The minimum Gasteiger partial charge on any atom is -0.502 e. The number of nitrogens with zero attached hydrogens (tertiary/aromatic N) is 1. The molecular formula is C8H6N2O3S. The Balaban J connectivity index is 2.93. The molecule has 72 valence electrons. The van der Waals surface area contributed by atoms with Gasteiger partial charge in [-0.25, -0.2) is 0 Å². The second-order valence-corrected chi connectivity index (χ2v) is 3.67. The Bertz CT molecular complexity index is 521. The molecule has 0 radical (unpaired) electrons. The quantitative estimate of drug-likeness (QED) is 0.428. The summed E-state index contributed by atoms with van der Waals surface area (Å²) in [6, 6.07) is 2.90. The van der Waals surface area contributed by atoms with Crippen molar-refractivity contribution in [2.24, 2.45) is 0 Å². The van der Waals surface area contributed by atoms with Crippen LogP contribution in [0.4, 0.5) is 11.4 Å². The Morgan fingerprint density at radius 1 is 1.57 bits per heavy atom. The third-order valence-electron chi connectivity index (χ3n) is 1.91. The van der Waals surface area contributed by atoms with Crippen LogP contribution in [0.1, 0.15) is 0 Å². The normalized spacial score (nSPS) is 10.6. The first-order chi connectivity index (χ1) is 6.61. The third kappa shape index (κ3) is 1.08. The van der Waals surface area contributed by atoms with E-state index < -0.39 is 4.92 Å². The van der Waals surface area contributed by atoms with Crippen LogP contribution in [-0.2, 0) is 0 Å². The molecule has 1 aromatic heterocycles. The lowest BCUT2D eigenvalue weighted by Gasteiger charge is -2.00. The molecule has 0 aliphatic heterocycles. The number of rotatable bonds is 1. The molecule has 1 heterocycles. The average molecular weight is 210 g/mol. The lowest BCUT2D eigenvalue weighted by atomic mass is 10.2. The number of nitrogens with two attached hydrogens (primary N) is 1. The van der Waals surface area contributed by atoms with Crippen LogP contribution in [-0.4, -0.2) is 10.0 Å². The molecule has 2 rings (SSSR count). The number of nitro groups is 1. The van der Waals surface area contributed by atoms with Crippen LogP contribution in [0.15, 0.2) is 17.5 Å². The smallest absolute Gasteiger partial charge is 0.328 e. The monoisotopic (exact) mass is 210 g/mol. The first-order valence-electron chi connectivity index (χ1n) is 3.74. The van der Waals surface area contributed by atoms with Gasteiger partial charge < -0.3 is 10.8 Å². The number of nitro benzene ring substituents is 1. The zero-order valence-electron chi connectivity index (χ0n) is 6.93. The van der Waals surface area contributed by atoms with Crippen molar-refractivity contribution in [1.29, 1.82) is 0 Å². The molecule has 0 bridgehead atoms. The number of hydrogen-bond acceptors (Lipinski definition) is 5. The van der Waals surface area contributed by atoms with Crippen molar-refractivity contribution in [3.8, 4) is 5.75 Å². The van der Waals surface area contributed by atoms with Crippen molar-refractivity contribution in [2.45, 2.75) is 0 Å². The molecular weight excluding hydrogens is 204 g/mol. The van der Waals surface area contributed by atoms with Crippen LogP contribution >= 0.6 is 11.3 Å². The molecule has 0 fully saturated rings. The molecule has 14 heavy (non-hydrogen) atoms. The molecule has 0 aliphatic rings. The number of thiophene rings is 1. The molecule has 0 spiro atoms. The van der Waals surface area contributed by atoms with Crippen molar-refractivity contribution in [2.75, 3.05) is 5.73 Å². The summed E-state index contributed by atoms with van der Waals surface area (Å²) in [5.74, 6) is -0.387. The van der Waals surface area contributed by atoms with E-state index in [1.54, 1.807) is 11.4 Å². The number of fused-ring (bicyclic) bond motifs is 1. The molecule has 0 unspecified atom stereocenters. The number of aromatic hydroxyl groups is 1. The van der Waals surface area contributed by atoms with Gasteiger partial charge in [0.2, 0.25) is 0 Å². The minimum atomic E-state index is -0.604. The highest BCUT2D eigenvalue weighted by Crippen LogP contribution is 2.40. The van der Waals surface area contributed by atoms with E-state index in [1.807, 2.05) is 0 Å². The summed E-state index contributed by atoms with van der Waals surface area (Å²) in [6.45, 7) is 0. The van der Waals surface area contributed by atoms with E-state index in [2.05, 4.69) is 0 Å². The van der Waals surface area contributed by atoms with Gasteiger partial charge in [-0.1, -0.05) is 0 Å². The number of benzene rings is 1. The molecule has 0 saturated carbocycles. The third-order valence-corrected chi connectivity index (χ3v) is 2.83. The van der Waals surface area contributed by atoms with Gasteiger partial charge >= 0.3 is 5.69 Å². The van der Waals surface area contributed by atoms with Gasteiger partial charge in [-0.15, -0.1) is 11.3 Å². The zero-order chi connectivity index (χ0) is 10.3. The van der Waals surface area contributed by atoms with Crippen LogP contribution < -0.4 is 5.73 Å². The van der Waals surface area contributed by atoms with Gasteiger partial charge in [0.1, 0.15) is 4.70 Å². The van der Waals surface area contributed by atoms with Crippen molar-refractivity contribution in [3.05, 3.63) is 27.6 Å². The molecule has 5 nitrogen and oxygen atoms in total. The summed E-state index contributed by atoms with van der Waals surface area (Å²) < 4.78 is 0.410. The van der Waals surface area contributed by atoms with E-state index in [9.17, 15) is 15.2 Å². The van der Waals surface area contributed by atoms with Crippen LogP contribution in [0.5, 0.6) is 5.75 Å². The first kappa shape index (κ1) is 8.76. The highest BCUT2D eigenvalue weighted by molar-refractivity contribution is 7.17. The number of phenolic OH excluding ortho intramolecular Hbond substituents is 1. The predicted molar refractivity (Wildman–Crippen MR) is 54.6 cm³/mol. The average Bonchev–Trinajstić information content (AvgIpc) is 2.51. The van der Waals surface area contributed by atoms with Crippen molar-refractivity contribution >= 4 is 32.8 Å². The molecule has 0 aliphatic carbocycles. The van der Waals surface area contributed by atoms with Crippen molar-refractivity contribution < 1.29 is 10.0 Å². The van der Waals surface area contributed by atoms with E-state index in [4.69, 9.17) is 5.73 Å². The maximum Gasteiger partial charge on any atom is 0.328 e. The summed E-state index contributed by atoms with van der Waals surface area (Å²) in [6.07, 6.45) is 0. The second kappa shape index (κ2) is 2.85. The fraction of sp³-hybridized carbons (Fsp3) is 0. The van der Waals surface area contributed by atoms with E-state index in [0.29, 0.717) is 15.8 Å². The number of phenols is 1. The second-order valence-electron chi connectivity index (χ2n) is 2.75. The SMILES string of the molecule is Nc1cc(O)c([N+](=O)[O-])c2sccc12. The minimum absolute atomic E-state index is 0.274. The van der Waals surface area contributed by atoms with Crippen molar-refractivity contribution in [1.82, 2.24) is 0 Å². The van der Waals surface area contributed by atoms with Crippen LogP contribution in [0, 0.1) is 10.1 Å². The Kier molecular flexibility index (Phi) is 1.78.